The number of carbonyl (C=O) groups is 1. The molecule has 1 atom stereocenters. The second-order valence-electron chi connectivity index (χ2n) is 4.59. The first-order valence-electron chi connectivity index (χ1n) is 6.36. The van der Waals surface area contributed by atoms with Crippen LogP contribution in [0.15, 0.2) is 48.5 Å². The monoisotopic (exact) mass is 273 g/mol. The van der Waals surface area contributed by atoms with E-state index in [0.29, 0.717) is 16.8 Å². The van der Waals surface area contributed by atoms with E-state index in [1.54, 1.807) is 37.3 Å². The summed E-state index contributed by atoms with van der Waals surface area (Å²) in [6.45, 7) is 1.60. The predicted molar refractivity (Wildman–Crippen MR) is 75.8 cm³/mol. The Kier molecular flexibility index (Phi) is 4.48. The molecule has 0 aliphatic rings. The molecule has 3 nitrogen and oxygen atoms in total. The Labute approximate surface area is 117 Å². The molecular weight excluding hydrogens is 257 g/mol. The average Bonchev–Trinajstić information content (AvgIpc) is 2.45. The Morgan fingerprint density at radius 1 is 1.20 bits per heavy atom. The number of aliphatic hydroxyl groups excluding tert-OH is 1. The average molecular weight is 273 g/mol. The normalized spacial score (nSPS) is 11.9. The molecule has 0 heterocycles. The Morgan fingerprint density at radius 2 is 1.90 bits per heavy atom. The van der Waals surface area contributed by atoms with Crippen molar-refractivity contribution in [2.45, 2.75) is 19.4 Å². The van der Waals surface area contributed by atoms with Gasteiger partial charge in [0.1, 0.15) is 5.82 Å². The van der Waals surface area contributed by atoms with Crippen molar-refractivity contribution < 1.29 is 14.3 Å². The molecule has 2 aromatic rings. The van der Waals surface area contributed by atoms with Gasteiger partial charge in [0.05, 0.1) is 12.5 Å². The summed E-state index contributed by atoms with van der Waals surface area (Å²) in [6.07, 6.45) is -0.940. The fourth-order valence-corrected chi connectivity index (χ4v) is 1.91. The Balaban J connectivity index is 2.01. The zero-order valence-electron chi connectivity index (χ0n) is 11.1. The van der Waals surface area contributed by atoms with Gasteiger partial charge in [0.2, 0.25) is 5.91 Å². The molecule has 0 saturated carbocycles. The van der Waals surface area contributed by atoms with Gasteiger partial charge in [0.25, 0.3) is 0 Å². The standard InChI is InChI=1S/C16H16FNO2/c1-11-13(17)8-5-9-14(11)18-16(20)10-15(19)12-6-3-2-4-7-12/h2-9,15,19H,10H2,1H3,(H,18,20). The van der Waals surface area contributed by atoms with Crippen LogP contribution in [-0.2, 0) is 4.79 Å². The minimum absolute atomic E-state index is 0.0695. The molecule has 0 spiro atoms. The molecule has 0 bridgehead atoms. The van der Waals surface area contributed by atoms with E-state index in [9.17, 15) is 14.3 Å². The van der Waals surface area contributed by atoms with E-state index in [0.717, 1.165) is 0 Å². The van der Waals surface area contributed by atoms with Crippen LogP contribution in [0.1, 0.15) is 23.7 Å². The van der Waals surface area contributed by atoms with Crippen molar-refractivity contribution in [3.8, 4) is 0 Å². The quantitative estimate of drug-likeness (QED) is 0.898. The van der Waals surface area contributed by atoms with Crippen molar-refractivity contribution in [3.63, 3.8) is 0 Å². The fraction of sp³-hybridized carbons (Fsp3) is 0.188. The lowest BCUT2D eigenvalue weighted by atomic mass is 10.1. The van der Waals surface area contributed by atoms with Gasteiger partial charge in [-0.05, 0) is 24.6 Å². The number of aliphatic hydroxyl groups is 1. The van der Waals surface area contributed by atoms with Crippen LogP contribution in [0.25, 0.3) is 0 Å². The lowest BCUT2D eigenvalue weighted by Crippen LogP contribution is -2.16. The zero-order chi connectivity index (χ0) is 14.5. The van der Waals surface area contributed by atoms with Crippen LogP contribution in [0.3, 0.4) is 0 Å². The van der Waals surface area contributed by atoms with Gasteiger partial charge in [-0.15, -0.1) is 0 Å². The molecule has 2 aromatic carbocycles. The maximum absolute atomic E-state index is 13.4. The van der Waals surface area contributed by atoms with Crippen molar-refractivity contribution in [1.82, 2.24) is 0 Å². The third-order valence-corrected chi connectivity index (χ3v) is 3.10. The number of amides is 1. The summed E-state index contributed by atoms with van der Waals surface area (Å²) in [5.74, 6) is -0.721. The van der Waals surface area contributed by atoms with Crippen LogP contribution >= 0.6 is 0 Å². The van der Waals surface area contributed by atoms with E-state index < -0.39 is 6.10 Å². The molecule has 1 amide bonds. The van der Waals surface area contributed by atoms with Gasteiger partial charge >= 0.3 is 0 Å². The first-order valence-corrected chi connectivity index (χ1v) is 6.36. The van der Waals surface area contributed by atoms with Gasteiger partial charge in [-0.3, -0.25) is 4.79 Å². The van der Waals surface area contributed by atoms with E-state index in [1.165, 1.54) is 12.1 Å². The lowest BCUT2D eigenvalue weighted by Gasteiger charge is -2.12. The van der Waals surface area contributed by atoms with Gasteiger partial charge < -0.3 is 10.4 Å². The summed E-state index contributed by atoms with van der Waals surface area (Å²) in [7, 11) is 0. The highest BCUT2D eigenvalue weighted by molar-refractivity contribution is 5.91. The number of carbonyl (C=O) groups excluding carboxylic acids is 1. The molecule has 1 unspecified atom stereocenters. The molecule has 104 valence electrons. The van der Waals surface area contributed by atoms with E-state index in [2.05, 4.69) is 5.32 Å². The van der Waals surface area contributed by atoms with E-state index in [1.807, 2.05) is 6.07 Å². The molecular formula is C16H16FNO2. The number of nitrogens with one attached hydrogen (secondary N) is 1. The van der Waals surface area contributed by atoms with Crippen LogP contribution in [0, 0.1) is 12.7 Å². The van der Waals surface area contributed by atoms with Crippen molar-refractivity contribution in [2.75, 3.05) is 5.32 Å². The Hall–Kier alpha value is -2.20. The minimum atomic E-state index is -0.870. The number of hydrogen-bond donors (Lipinski definition) is 2. The third kappa shape index (κ3) is 3.42. The van der Waals surface area contributed by atoms with Crippen LogP contribution in [0.5, 0.6) is 0 Å². The first kappa shape index (κ1) is 14.2. The van der Waals surface area contributed by atoms with Crippen molar-refractivity contribution in [2.24, 2.45) is 0 Å². The van der Waals surface area contributed by atoms with Crippen LogP contribution in [0.4, 0.5) is 10.1 Å². The SMILES string of the molecule is Cc1c(F)cccc1NC(=O)CC(O)c1ccccc1. The van der Waals surface area contributed by atoms with Gasteiger partial charge in [-0.25, -0.2) is 4.39 Å². The Bertz CT molecular complexity index is 599. The molecule has 20 heavy (non-hydrogen) atoms. The minimum Gasteiger partial charge on any atom is -0.388 e. The van der Waals surface area contributed by atoms with Gasteiger partial charge in [0.15, 0.2) is 0 Å². The zero-order valence-corrected chi connectivity index (χ0v) is 11.1. The van der Waals surface area contributed by atoms with Crippen molar-refractivity contribution in [3.05, 3.63) is 65.5 Å². The summed E-state index contributed by atoms with van der Waals surface area (Å²) in [6, 6.07) is 13.4. The number of halogens is 1. The Morgan fingerprint density at radius 3 is 2.60 bits per heavy atom. The molecule has 0 aromatic heterocycles. The summed E-state index contributed by atoms with van der Waals surface area (Å²) in [5, 5.41) is 12.6. The van der Waals surface area contributed by atoms with E-state index in [4.69, 9.17) is 0 Å². The molecule has 2 rings (SSSR count). The molecule has 0 saturated heterocycles. The highest BCUT2D eigenvalue weighted by Gasteiger charge is 2.14. The molecule has 0 aliphatic heterocycles. The molecule has 0 radical (unpaired) electrons. The fourth-order valence-electron chi connectivity index (χ4n) is 1.91. The summed E-state index contributed by atoms with van der Waals surface area (Å²) in [4.78, 5) is 11.9. The second-order valence-corrected chi connectivity index (χ2v) is 4.59. The third-order valence-electron chi connectivity index (χ3n) is 3.10. The van der Waals surface area contributed by atoms with Crippen molar-refractivity contribution in [1.29, 1.82) is 0 Å². The first-order chi connectivity index (χ1) is 9.58. The second kappa shape index (κ2) is 6.30. The highest BCUT2D eigenvalue weighted by Crippen LogP contribution is 2.20. The predicted octanol–water partition coefficient (Wildman–Crippen LogP) is 3.20. The topological polar surface area (TPSA) is 49.3 Å². The van der Waals surface area contributed by atoms with Crippen LogP contribution < -0.4 is 5.32 Å². The largest absolute Gasteiger partial charge is 0.388 e. The molecule has 0 fully saturated rings. The smallest absolute Gasteiger partial charge is 0.227 e. The van der Waals surface area contributed by atoms with Gasteiger partial charge in [-0.2, -0.15) is 0 Å². The van der Waals surface area contributed by atoms with E-state index in [-0.39, 0.29) is 18.1 Å². The van der Waals surface area contributed by atoms with Gasteiger partial charge in [-0.1, -0.05) is 36.4 Å². The van der Waals surface area contributed by atoms with Crippen LogP contribution in [-0.4, -0.2) is 11.0 Å². The summed E-state index contributed by atoms with van der Waals surface area (Å²) < 4.78 is 13.4. The maximum Gasteiger partial charge on any atom is 0.227 e. The number of anilines is 1. The number of rotatable bonds is 4. The number of benzene rings is 2. The van der Waals surface area contributed by atoms with Crippen molar-refractivity contribution >= 4 is 11.6 Å². The number of hydrogen-bond acceptors (Lipinski definition) is 2. The molecule has 2 N–H and O–H groups in total. The maximum atomic E-state index is 13.4. The lowest BCUT2D eigenvalue weighted by molar-refractivity contribution is -0.118. The van der Waals surface area contributed by atoms with Crippen LogP contribution in [0.2, 0.25) is 0 Å². The van der Waals surface area contributed by atoms with E-state index >= 15 is 0 Å². The highest BCUT2D eigenvalue weighted by atomic mass is 19.1. The van der Waals surface area contributed by atoms with Gasteiger partial charge in [0, 0.05) is 11.3 Å². The molecule has 4 heteroatoms. The summed E-state index contributed by atoms with van der Waals surface area (Å²) in [5.41, 5.74) is 1.49. The summed E-state index contributed by atoms with van der Waals surface area (Å²) >= 11 is 0. The molecule has 0 aliphatic carbocycles.